The highest BCUT2D eigenvalue weighted by Crippen LogP contribution is 2.15. The van der Waals surface area contributed by atoms with Crippen molar-refractivity contribution in [3.05, 3.63) is 0 Å². The van der Waals surface area contributed by atoms with Crippen LogP contribution in [0.25, 0.3) is 0 Å². The van der Waals surface area contributed by atoms with E-state index in [4.69, 9.17) is 20.4 Å². The summed E-state index contributed by atoms with van der Waals surface area (Å²) in [5.41, 5.74) is -0.708. The first-order chi connectivity index (χ1) is 7.10. The summed E-state index contributed by atoms with van der Waals surface area (Å²) in [5, 5.41) is 33.6. The van der Waals surface area contributed by atoms with Crippen LogP contribution >= 0.6 is 12.6 Å². The number of thiol groups is 1. The highest BCUT2D eigenvalue weighted by molar-refractivity contribution is 7.81. The maximum absolute atomic E-state index is 9.97. The lowest BCUT2D eigenvalue weighted by Crippen LogP contribution is -2.29. The summed E-state index contributed by atoms with van der Waals surface area (Å²) < 4.78 is -0.383. The molecule has 0 unspecified atom stereocenters. The lowest BCUT2D eigenvalue weighted by molar-refractivity contribution is -0.137. The van der Waals surface area contributed by atoms with E-state index in [1.54, 1.807) is 20.8 Å². The first-order valence-electron chi connectivity index (χ1n) is 4.87. The number of rotatable bonds is 5. The number of hydrogen-bond acceptors (Lipinski definition) is 5. The maximum atomic E-state index is 9.97. The van der Waals surface area contributed by atoms with E-state index in [1.165, 1.54) is 0 Å². The summed E-state index contributed by atoms with van der Waals surface area (Å²) in [4.78, 5) is 9.97. The lowest BCUT2D eigenvalue weighted by atomic mass is 9.95. The van der Waals surface area contributed by atoms with Gasteiger partial charge in [-0.3, -0.25) is 4.79 Å². The molecular weight excluding hydrogens is 232 g/mol. The topological polar surface area (TPSA) is 98.0 Å². The molecule has 0 aromatic heterocycles. The summed E-state index contributed by atoms with van der Waals surface area (Å²) in [7, 11) is 0. The Labute approximate surface area is 102 Å². The van der Waals surface area contributed by atoms with Crippen molar-refractivity contribution in [1.29, 1.82) is 0 Å². The molecule has 0 aliphatic rings. The molecule has 0 fully saturated rings. The van der Waals surface area contributed by atoms with Crippen LogP contribution in [0.2, 0.25) is 0 Å². The van der Waals surface area contributed by atoms with Gasteiger partial charge in [-0.2, -0.15) is 12.6 Å². The Morgan fingerprint density at radius 1 is 1.06 bits per heavy atom. The lowest BCUT2D eigenvalue weighted by Gasteiger charge is -2.20. The molecular formula is C10H22O5S. The molecule has 0 amide bonds. The van der Waals surface area contributed by atoms with Crippen LogP contribution in [0.5, 0.6) is 0 Å². The average molecular weight is 254 g/mol. The van der Waals surface area contributed by atoms with Gasteiger partial charge < -0.3 is 20.4 Å². The zero-order chi connectivity index (χ0) is 13.4. The van der Waals surface area contributed by atoms with Crippen LogP contribution in [0.3, 0.4) is 0 Å². The van der Waals surface area contributed by atoms with E-state index in [1.807, 2.05) is 0 Å². The molecule has 0 spiro atoms. The van der Waals surface area contributed by atoms with E-state index in [0.717, 1.165) is 0 Å². The van der Waals surface area contributed by atoms with Crippen LogP contribution in [0, 0.1) is 5.41 Å². The predicted molar refractivity (Wildman–Crippen MR) is 64.7 cm³/mol. The van der Waals surface area contributed by atoms with E-state index >= 15 is 0 Å². The zero-order valence-electron chi connectivity index (χ0n) is 9.97. The fourth-order valence-electron chi connectivity index (χ4n) is 0.520. The van der Waals surface area contributed by atoms with Crippen molar-refractivity contribution < 1.29 is 25.2 Å². The third-order valence-corrected chi connectivity index (χ3v) is 1.89. The third-order valence-electron chi connectivity index (χ3n) is 1.73. The first kappa shape index (κ1) is 18.1. The van der Waals surface area contributed by atoms with E-state index in [-0.39, 0.29) is 31.0 Å². The molecule has 4 N–H and O–H groups in total. The molecule has 0 aromatic rings. The highest BCUT2D eigenvalue weighted by atomic mass is 32.1. The zero-order valence-corrected chi connectivity index (χ0v) is 10.9. The van der Waals surface area contributed by atoms with E-state index < -0.39 is 11.4 Å². The highest BCUT2D eigenvalue weighted by Gasteiger charge is 2.20. The van der Waals surface area contributed by atoms with Crippen LogP contribution in [0.1, 0.15) is 27.2 Å². The van der Waals surface area contributed by atoms with Gasteiger partial charge in [0.25, 0.3) is 0 Å². The van der Waals surface area contributed by atoms with Crippen molar-refractivity contribution in [2.24, 2.45) is 5.41 Å². The molecule has 0 bridgehead atoms. The van der Waals surface area contributed by atoms with Crippen molar-refractivity contribution in [1.82, 2.24) is 0 Å². The van der Waals surface area contributed by atoms with E-state index in [9.17, 15) is 4.79 Å². The van der Waals surface area contributed by atoms with Gasteiger partial charge in [0.15, 0.2) is 0 Å². The average Bonchev–Trinajstić information content (AvgIpc) is 2.14. The molecule has 0 saturated carbocycles. The van der Waals surface area contributed by atoms with Crippen LogP contribution in [0.15, 0.2) is 0 Å². The standard InChI is InChI=1S/C5H12O3.C5H10O2S/c1-5(2-6,3-7)4-8;1-5(2,8)3-4(6)7/h6-8H,2-4H2,1H3;8H,3H2,1-2H3,(H,6,7). The molecule has 98 valence electrons. The molecule has 0 heterocycles. The minimum absolute atomic E-state index is 0.107. The number of aliphatic hydroxyl groups is 3. The Morgan fingerprint density at radius 3 is 1.38 bits per heavy atom. The van der Waals surface area contributed by atoms with Crippen molar-refractivity contribution in [3.8, 4) is 0 Å². The summed E-state index contributed by atoms with van der Waals surface area (Å²) in [6, 6.07) is 0. The first-order valence-corrected chi connectivity index (χ1v) is 5.32. The Hall–Kier alpha value is -0.300. The maximum Gasteiger partial charge on any atom is 0.304 e. The van der Waals surface area contributed by atoms with Gasteiger partial charge in [-0.15, -0.1) is 0 Å². The molecule has 0 aromatic carbocycles. The number of carbonyl (C=O) groups is 1. The van der Waals surface area contributed by atoms with Gasteiger partial charge in [0, 0.05) is 10.2 Å². The van der Waals surface area contributed by atoms with Gasteiger partial charge in [0.05, 0.1) is 26.2 Å². The second-order valence-electron chi connectivity index (χ2n) is 4.67. The SMILES string of the molecule is CC(C)(S)CC(=O)O.CC(CO)(CO)CO. The normalized spacial score (nSPS) is 11.7. The van der Waals surface area contributed by atoms with Gasteiger partial charge in [0.2, 0.25) is 0 Å². The van der Waals surface area contributed by atoms with Gasteiger partial charge in [0.1, 0.15) is 0 Å². The quantitative estimate of drug-likeness (QED) is 0.450. The number of aliphatic carboxylic acids is 1. The molecule has 0 radical (unpaired) electrons. The molecule has 16 heavy (non-hydrogen) atoms. The number of carboxylic acids is 1. The predicted octanol–water partition coefficient (Wildman–Crippen LogP) is 0.139. The molecule has 0 aliphatic carbocycles. The van der Waals surface area contributed by atoms with Crippen molar-refractivity contribution >= 4 is 18.6 Å². The van der Waals surface area contributed by atoms with E-state index in [2.05, 4.69) is 12.6 Å². The van der Waals surface area contributed by atoms with Gasteiger partial charge in [-0.25, -0.2) is 0 Å². The monoisotopic (exact) mass is 254 g/mol. The molecule has 0 saturated heterocycles. The minimum atomic E-state index is -0.801. The van der Waals surface area contributed by atoms with Crippen LogP contribution < -0.4 is 0 Å². The summed E-state index contributed by atoms with van der Waals surface area (Å²) in [6.07, 6.45) is 0.107. The summed E-state index contributed by atoms with van der Waals surface area (Å²) in [6.45, 7) is 4.60. The largest absolute Gasteiger partial charge is 0.481 e. The van der Waals surface area contributed by atoms with Crippen LogP contribution in [0.4, 0.5) is 0 Å². The van der Waals surface area contributed by atoms with Crippen LogP contribution in [-0.2, 0) is 4.79 Å². The number of carboxylic acid groups (broad SMARTS) is 1. The van der Waals surface area contributed by atoms with E-state index in [0.29, 0.717) is 0 Å². The van der Waals surface area contributed by atoms with Gasteiger partial charge >= 0.3 is 5.97 Å². The van der Waals surface area contributed by atoms with Gasteiger partial charge in [-0.05, 0) is 0 Å². The number of aliphatic hydroxyl groups excluding tert-OH is 3. The van der Waals surface area contributed by atoms with Crippen LogP contribution in [-0.4, -0.2) is 51.0 Å². The Morgan fingerprint density at radius 2 is 1.38 bits per heavy atom. The Balaban J connectivity index is 0. The molecule has 0 rings (SSSR count). The summed E-state index contributed by atoms with van der Waals surface area (Å²) in [5.74, 6) is -0.801. The summed E-state index contributed by atoms with van der Waals surface area (Å²) >= 11 is 4.01. The molecule has 6 heteroatoms. The minimum Gasteiger partial charge on any atom is -0.481 e. The second kappa shape index (κ2) is 7.89. The second-order valence-corrected chi connectivity index (χ2v) is 5.88. The Kier molecular flexibility index (Phi) is 8.91. The van der Waals surface area contributed by atoms with Crippen molar-refractivity contribution in [2.75, 3.05) is 19.8 Å². The third kappa shape index (κ3) is 11.8. The fraction of sp³-hybridized carbons (Fsp3) is 0.900. The van der Waals surface area contributed by atoms with Crippen molar-refractivity contribution in [3.63, 3.8) is 0 Å². The fourth-order valence-corrected chi connectivity index (χ4v) is 0.655. The molecule has 0 aliphatic heterocycles. The van der Waals surface area contributed by atoms with Crippen molar-refractivity contribution in [2.45, 2.75) is 31.9 Å². The Bertz CT molecular complexity index is 188. The smallest absolute Gasteiger partial charge is 0.304 e. The molecule has 5 nitrogen and oxygen atoms in total. The van der Waals surface area contributed by atoms with Gasteiger partial charge in [-0.1, -0.05) is 20.8 Å². The number of hydrogen-bond donors (Lipinski definition) is 5. The molecule has 0 atom stereocenters.